The Labute approximate surface area is 115 Å². The summed E-state index contributed by atoms with van der Waals surface area (Å²) in [6.45, 7) is 4.46. The van der Waals surface area contributed by atoms with Gasteiger partial charge in [-0.15, -0.1) is 0 Å². The zero-order valence-corrected chi connectivity index (χ0v) is 11.6. The van der Waals surface area contributed by atoms with Crippen molar-refractivity contribution in [3.8, 4) is 5.75 Å². The molecule has 104 valence electrons. The Bertz CT molecular complexity index is 382. The summed E-state index contributed by atoms with van der Waals surface area (Å²) in [7, 11) is 0. The summed E-state index contributed by atoms with van der Waals surface area (Å²) >= 11 is 0. The van der Waals surface area contributed by atoms with Crippen LogP contribution in [0.1, 0.15) is 25.7 Å². The average molecular weight is 260 g/mol. The Hall–Kier alpha value is -1.06. The van der Waals surface area contributed by atoms with Gasteiger partial charge in [0.1, 0.15) is 5.75 Å². The second-order valence-electron chi connectivity index (χ2n) is 5.74. The van der Waals surface area contributed by atoms with E-state index in [1.54, 1.807) is 0 Å². The smallest absolute Gasteiger partial charge is 0.119 e. The maximum absolute atomic E-state index is 5.75. The second-order valence-corrected chi connectivity index (χ2v) is 5.74. The first-order valence-electron chi connectivity index (χ1n) is 7.56. The Balaban J connectivity index is 1.36. The van der Waals surface area contributed by atoms with E-state index in [9.17, 15) is 0 Å². The monoisotopic (exact) mass is 260 g/mol. The third kappa shape index (κ3) is 3.71. The first kappa shape index (κ1) is 12.9. The van der Waals surface area contributed by atoms with Gasteiger partial charge in [-0.05, 0) is 44.4 Å². The molecular formula is C16H24N2O. The van der Waals surface area contributed by atoms with Crippen molar-refractivity contribution in [2.24, 2.45) is 0 Å². The molecule has 1 aromatic rings. The molecule has 0 amide bonds. The van der Waals surface area contributed by atoms with Crippen LogP contribution in [0, 0.1) is 0 Å². The third-order valence-corrected chi connectivity index (χ3v) is 4.24. The highest BCUT2D eigenvalue weighted by atomic mass is 16.5. The average Bonchev–Trinajstić information content (AvgIpc) is 2.78. The predicted octanol–water partition coefficient (Wildman–Crippen LogP) is 2.28. The van der Waals surface area contributed by atoms with E-state index in [0.29, 0.717) is 0 Å². The van der Waals surface area contributed by atoms with Gasteiger partial charge in [-0.3, -0.25) is 0 Å². The minimum absolute atomic E-state index is 0.738. The highest BCUT2D eigenvalue weighted by molar-refractivity contribution is 5.20. The normalized spacial score (nSPS) is 27.2. The van der Waals surface area contributed by atoms with Gasteiger partial charge in [0, 0.05) is 25.2 Å². The number of nitrogens with zero attached hydrogens (tertiary/aromatic N) is 1. The first-order chi connectivity index (χ1) is 9.40. The van der Waals surface area contributed by atoms with E-state index >= 15 is 0 Å². The van der Waals surface area contributed by atoms with Crippen LogP contribution in [0.4, 0.5) is 0 Å². The van der Waals surface area contributed by atoms with Crippen molar-refractivity contribution in [1.82, 2.24) is 10.2 Å². The number of hydrogen-bond acceptors (Lipinski definition) is 3. The van der Waals surface area contributed by atoms with E-state index in [1.165, 1.54) is 32.4 Å². The molecule has 0 saturated carbocycles. The number of fused-ring (bicyclic) bond motifs is 2. The maximum Gasteiger partial charge on any atom is 0.119 e. The van der Waals surface area contributed by atoms with Gasteiger partial charge < -0.3 is 15.0 Å². The number of hydrogen-bond donors (Lipinski definition) is 1. The molecule has 0 radical (unpaired) electrons. The van der Waals surface area contributed by atoms with E-state index in [4.69, 9.17) is 4.74 Å². The van der Waals surface area contributed by atoms with Crippen molar-refractivity contribution in [2.75, 3.05) is 26.2 Å². The summed E-state index contributed by atoms with van der Waals surface area (Å²) in [4.78, 5) is 2.60. The summed E-state index contributed by atoms with van der Waals surface area (Å²) in [5.74, 6) is 0.985. The fraction of sp³-hybridized carbons (Fsp3) is 0.625. The van der Waals surface area contributed by atoms with Crippen molar-refractivity contribution in [3.05, 3.63) is 30.3 Å². The second kappa shape index (κ2) is 6.40. The number of ether oxygens (including phenoxy) is 1. The van der Waals surface area contributed by atoms with Crippen molar-refractivity contribution in [2.45, 2.75) is 37.8 Å². The van der Waals surface area contributed by atoms with E-state index in [-0.39, 0.29) is 0 Å². The van der Waals surface area contributed by atoms with Crippen LogP contribution in [-0.4, -0.2) is 43.2 Å². The maximum atomic E-state index is 5.75. The highest BCUT2D eigenvalue weighted by Gasteiger charge is 2.28. The van der Waals surface area contributed by atoms with Crippen LogP contribution in [0.2, 0.25) is 0 Å². The van der Waals surface area contributed by atoms with E-state index in [0.717, 1.165) is 37.4 Å². The fourth-order valence-corrected chi connectivity index (χ4v) is 3.21. The first-order valence-corrected chi connectivity index (χ1v) is 7.56. The van der Waals surface area contributed by atoms with Crippen LogP contribution in [0.5, 0.6) is 5.75 Å². The molecule has 19 heavy (non-hydrogen) atoms. The summed E-state index contributed by atoms with van der Waals surface area (Å²) in [6.07, 6.45) is 5.18. The van der Waals surface area contributed by atoms with Gasteiger partial charge in [-0.25, -0.2) is 0 Å². The number of benzene rings is 1. The predicted molar refractivity (Wildman–Crippen MR) is 77.6 cm³/mol. The fourth-order valence-electron chi connectivity index (χ4n) is 3.21. The summed E-state index contributed by atoms with van der Waals surface area (Å²) in [6, 6.07) is 11.6. The lowest BCUT2D eigenvalue weighted by Gasteiger charge is -2.23. The standard InChI is InChI=1S/C16H24N2O/c1-2-5-16(6-3-1)19-12-4-10-18-11-9-14-7-8-15(13-18)17-14/h1-3,5-6,14-15,17H,4,7-13H2. The molecule has 0 aliphatic carbocycles. The molecular weight excluding hydrogens is 236 g/mol. The van der Waals surface area contributed by atoms with Crippen LogP contribution in [-0.2, 0) is 0 Å². The molecule has 2 bridgehead atoms. The molecule has 0 spiro atoms. The molecule has 2 aliphatic heterocycles. The Morgan fingerprint density at radius 1 is 1.11 bits per heavy atom. The molecule has 1 N–H and O–H groups in total. The van der Waals surface area contributed by atoms with Gasteiger partial charge in [0.15, 0.2) is 0 Å². The number of nitrogens with one attached hydrogen (secondary N) is 1. The molecule has 2 saturated heterocycles. The lowest BCUT2D eigenvalue weighted by molar-refractivity contribution is 0.225. The van der Waals surface area contributed by atoms with Crippen molar-refractivity contribution in [3.63, 3.8) is 0 Å². The summed E-state index contributed by atoms with van der Waals surface area (Å²) in [5.41, 5.74) is 0. The SMILES string of the molecule is c1ccc(OCCCN2CCC3CCC(C2)N3)cc1. The van der Waals surface area contributed by atoms with Crippen molar-refractivity contribution >= 4 is 0 Å². The van der Waals surface area contributed by atoms with Crippen LogP contribution < -0.4 is 10.1 Å². The topological polar surface area (TPSA) is 24.5 Å². The number of likely N-dealkylation sites (tertiary alicyclic amines) is 1. The lowest BCUT2D eigenvalue weighted by Crippen LogP contribution is -2.36. The van der Waals surface area contributed by atoms with Crippen LogP contribution in [0.25, 0.3) is 0 Å². The minimum Gasteiger partial charge on any atom is -0.494 e. The Morgan fingerprint density at radius 3 is 2.84 bits per heavy atom. The van der Waals surface area contributed by atoms with Crippen LogP contribution in [0.3, 0.4) is 0 Å². The number of rotatable bonds is 5. The number of para-hydroxylation sites is 1. The molecule has 3 heteroatoms. The molecule has 3 nitrogen and oxygen atoms in total. The van der Waals surface area contributed by atoms with Gasteiger partial charge in [0.05, 0.1) is 6.61 Å². The summed E-state index contributed by atoms with van der Waals surface area (Å²) in [5, 5.41) is 3.73. The van der Waals surface area contributed by atoms with Gasteiger partial charge in [-0.2, -0.15) is 0 Å². The molecule has 0 aromatic heterocycles. The molecule has 3 rings (SSSR count). The quantitative estimate of drug-likeness (QED) is 0.822. The Kier molecular flexibility index (Phi) is 4.36. The van der Waals surface area contributed by atoms with Gasteiger partial charge in [0.25, 0.3) is 0 Å². The van der Waals surface area contributed by atoms with Crippen LogP contribution in [0.15, 0.2) is 30.3 Å². The van der Waals surface area contributed by atoms with Crippen molar-refractivity contribution in [1.29, 1.82) is 0 Å². The zero-order valence-electron chi connectivity index (χ0n) is 11.6. The largest absolute Gasteiger partial charge is 0.494 e. The molecule has 2 atom stereocenters. The van der Waals surface area contributed by atoms with Crippen molar-refractivity contribution < 1.29 is 4.74 Å². The summed E-state index contributed by atoms with van der Waals surface area (Å²) < 4.78 is 5.75. The minimum atomic E-state index is 0.738. The molecule has 2 unspecified atom stereocenters. The highest BCUT2D eigenvalue weighted by Crippen LogP contribution is 2.20. The van der Waals surface area contributed by atoms with E-state index in [1.807, 2.05) is 30.3 Å². The molecule has 2 fully saturated rings. The van der Waals surface area contributed by atoms with E-state index in [2.05, 4.69) is 10.2 Å². The molecule has 2 aliphatic rings. The zero-order chi connectivity index (χ0) is 12.9. The van der Waals surface area contributed by atoms with E-state index < -0.39 is 0 Å². The Morgan fingerprint density at radius 2 is 1.95 bits per heavy atom. The lowest BCUT2D eigenvalue weighted by atomic mass is 10.1. The molecule has 2 heterocycles. The third-order valence-electron chi connectivity index (χ3n) is 4.24. The van der Waals surface area contributed by atoms with Gasteiger partial charge in [0.2, 0.25) is 0 Å². The van der Waals surface area contributed by atoms with Crippen LogP contribution >= 0.6 is 0 Å². The molecule has 1 aromatic carbocycles. The van der Waals surface area contributed by atoms with Gasteiger partial charge >= 0.3 is 0 Å². The van der Waals surface area contributed by atoms with Gasteiger partial charge in [-0.1, -0.05) is 18.2 Å².